The second kappa shape index (κ2) is 7.75. The van der Waals surface area contributed by atoms with Gasteiger partial charge in [0.2, 0.25) is 5.91 Å². The first-order valence-electron chi connectivity index (χ1n) is 10.5. The van der Waals surface area contributed by atoms with Gasteiger partial charge in [0.05, 0.1) is 35.8 Å². The topological polar surface area (TPSA) is 79.7 Å². The predicted octanol–water partition coefficient (Wildman–Crippen LogP) is 3.19. The third-order valence-corrected chi connectivity index (χ3v) is 5.81. The van der Waals surface area contributed by atoms with Gasteiger partial charge in [-0.05, 0) is 45.4 Å². The average Bonchev–Trinajstić information content (AvgIpc) is 3.14. The summed E-state index contributed by atoms with van der Waals surface area (Å²) >= 11 is 0. The van der Waals surface area contributed by atoms with Crippen LogP contribution in [0.25, 0.3) is 11.1 Å². The van der Waals surface area contributed by atoms with Crippen molar-refractivity contribution in [1.29, 1.82) is 0 Å². The van der Waals surface area contributed by atoms with Crippen molar-refractivity contribution in [3.05, 3.63) is 30.6 Å². The molecule has 0 saturated carbocycles. The minimum atomic E-state index is -0.400. The first-order chi connectivity index (χ1) is 14.3. The van der Waals surface area contributed by atoms with Gasteiger partial charge >= 0.3 is 6.09 Å². The minimum Gasteiger partial charge on any atom is -0.446 e. The molecule has 1 saturated heterocycles. The Bertz CT molecular complexity index is 969. The Hall–Kier alpha value is -2.87. The highest BCUT2D eigenvalue weighted by Gasteiger charge is 2.35. The number of benzene rings is 1. The number of ether oxygens (including phenoxy) is 1. The third-order valence-electron chi connectivity index (χ3n) is 5.81. The molecule has 0 radical (unpaired) electrons. The molecular weight excluding hydrogens is 382 g/mol. The fourth-order valence-electron chi connectivity index (χ4n) is 4.17. The van der Waals surface area contributed by atoms with Crippen molar-refractivity contribution >= 4 is 23.4 Å². The molecule has 8 heteroatoms. The first-order valence-corrected chi connectivity index (χ1v) is 10.5. The van der Waals surface area contributed by atoms with E-state index >= 15 is 0 Å². The van der Waals surface area contributed by atoms with E-state index in [1.807, 2.05) is 56.0 Å². The Labute approximate surface area is 176 Å². The molecular formula is C22H29N5O3. The highest BCUT2D eigenvalue weighted by molar-refractivity contribution is 6.03. The van der Waals surface area contributed by atoms with E-state index in [9.17, 15) is 9.59 Å². The second-order valence-corrected chi connectivity index (χ2v) is 8.46. The molecule has 2 amide bonds. The summed E-state index contributed by atoms with van der Waals surface area (Å²) in [6.07, 6.45) is 3.26. The number of nitrogens with zero attached hydrogens (tertiary/aromatic N) is 4. The Balaban J connectivity index is 1.72. The lowest BCUT2D eigenvalue weighted by molar-refractivity contribution is -0.117. The molecule has 1 fully saturated rings. The molecule has 0 bridgehead atoms. The summed E-state index contributed by atoms with van der Waals surface area (Å²) in [6.45, 7) is 10.6. The Morgan fingerprint density at radius 2 is 1.97 bits per heavy atom. The van der Waals surface area contributed by atoms with Gasteiger partial charge in [0.25, 0.3) is 0 Å². The zero-order valence-electron chi connectivity index (χ0n) is 18.1. The fourth-order valence-corrected chi connectivity index (χ4v) is 4.17. The second-order valence-electron chi connectivity index (χ2n) is 8.46. The standard InChI is InChI=1S/C22H29N5O3/c1-13(2)30-22(29)25-11-14(3)27(16(5)28)19-7-6-17(8-20(19)25)18-9-24-26(12-18)21-10-23-15(21)4/h6-9,12-15,21,23H,10-11H2,1-5H3/t14-,15-,21?/m0/s1. The summed E-state index contributed by atoms with van der Waals surface area (Å²) in [5, 5.41) is 7.88. The van der Waals surface area contributed by atoms with E-state index in [0.29, 0.717) is 24.3 Å². The van der Waals surface area contributed by atoms with Crippen molar-refractivity contribution in [3.8, 4) is 11.1 Å². The molecule has 2 aromatic rings. The number of nitrogens with one attached hydrogen (secondary N) is 1. The molecule has 3 atom stereocenters. The largest absolute Gasteiger partial charge is 0.446 e. The Morgan fingerprint density at radius 1 is 1.20 bits per heavy atom. The number of rotatable bonds is 3. The summed E-state index contributed by atoms with van der Waals surface area (Å²) in [5.74, 6) is -0.0485. The number of carbonyl (C=O) groups excluding carboxylic acids is 2. The van der Waals surface area contributed by atoms with E-state index < -0.39 is 6.09 Å². The zero-order valence-corrected chi connectivity index (χ0v) is 18.1. The summed E-state index contributed by atoms with van der Waals surface area (Å²) in [4.78, 5) is 28.5. The number of amides is 2. The molecule has 0 aliphatic carbocycles. The quantitative estimate of drug-likeness (QED) is 0.839. The van der Waals surface area contributed by atoms with Crippen molar-refractivity contribution in [3.63, 3.8) is 0 Å². The molecule has 1 unspecified atom stereocenters. The van der Waals surface area contributed by atoms with Crippen LogP contribution in [0.1, 0.15) is 40.7 Å². The van der Waals surface area contributed by atoms with Crippen LogP contribution in [0.5, 0.6) is 0 Å². The van der Waals surface area contributed by atoms with Crippen LogP contribution in [0.4, 0.5) is 16.2 Å². The van der Waals surface area contributed by atoms with Gasteiger partial charge in [0, 0.05) is 37.8 Å². The normalized spacial score (nSPS) is 23.2. The number of fused-ring (bicyclic) bond motifs is 1. The maximum absolute atomic E-state index is 12.8. The lowest BCUT2D eigenvalue weighted by Crippen LogP contribution is -2.51. The molecule has 3 heterocycles. The molecule has 1 aromatic carbocycles. The average molecular weight is 412 g/mol. The molecule has 2 aliphatic heterocycles. The van der Waals surface area contributed by atoms with Crippen LogP contribution >= 0.6 is 0 Å². The van der Waals surface area contributed by atoms with E-state index in [1.165, 1.54) is 0 Å². The van der Waals surface area contributed by atoms with Gasteiger partial charge in [0.15, 0.2) is 0 Å². The van der Waals surface area contributed by atoms with Crippen LogP contribution in [0.2, 0.25) is 0 Å². The summed E-state index contributed by atoms with van der Waals surface area (Å²) < 4.78 is 7.46. The van der Waals surface area contributed by atoms with Crippen LogP contribution < -0.4 is 15.1 Å². The molecule has 30 heavy (non-hydrogen) atoms. The van der Waals surface area contributed by atoms with Gasteiger partial charge in [-0.1, -0.05) is 6.07 Å². The van der Waals surface area contributed by atoms with Crippen molar-refractivity contribution in [2.75, 3.05) is 22.9 Å². The SMILES string of the molecule is CC(=O)N1c2ccc(-c3cnn(C4CN[C@H]4C)c3)cc2N(C(=O)OC(C)C)C[C@@H]1C. The molecule has 1 N–H and O–H groups in total. The minimum absolute atomic E-state index is 0.0485. The first kappa shape index (κ1) is 20.4. The Kier molecular flexibility index (Phi) is 5.27. The summed E-state index contributed by atoms with van der Waals surface area (Å²) in [7, 11) is 0. The fraction of sp³-hybridized carbons (Fsp3) is 0.500. The number of hydrogen-bond donors (Lipinski definition) is 1. The highest BCUT2D eigenvalue weighted by atomic mass is 16.6. The van der Waals surface area contributed by atoms with Crippen molar-refractivity contribution in [2.24, 2.45) is 0 Å². The third kappa shape index (κ3) is 3.56. The lowest BCUT2D eigenvalue weighted by Gasteiger charge is -2.40. The number of anilines is 2. The van der Waals surface area contributed by atoms with Crippen LogP contribution in [0.3, 0.4) is 0 Å². The van der Waals surface area contributed by atoms with Gasteiger partial charge < -0.3 is 15.0 Å². The molecule has 0 spiro atoms. The van der Waals surface area contributed by atoms with E-state index in [2.05, 4.69) is 17.3 Å². The number of carbonyl (C=O) groups is 2. The zero-order chi connectivity index (χ0) is 21.6. The summed E-state index contributed by atoms with van der Waals surface area (Å²) in [6, 6.07) is 6.43. The molecule has 4 rings (SSSR count). The van der Waals surface area contributed by atoms with Gasteiger partial charge in [-0.15, -0.1) is 0 Å². The van der Waals surface area contributed by atoms with Crippen molar-refractivity contribution in [2.45, 2.75) is 58.8 Å². The maximum Gasteiger partial charge on any atom is 0.414 e. The number of aromatic nitrogens is 2. The van der Waals surface area contributed by atoms with Crippen LogP contribution in [0.15, 0.2) is 30.6 Å². The van der Waals surface area contributed by atoms with Crippen LogP contribution in [-0.2, 0) is 9.53 Å². The van der Waals surface area contributed by atoms with Crippen LogP contribution in [-0.4, -0.2) is 53.1 Å². The molecule has 160 valence electrons. The molecule has 2 aliphatic rings. The molecule has 1 aromatic heterocycles. The Morgan fingerprint density at radius 3 is 2.57 bits per heavy atom. The number of hydrogen-bond acceptors (Lipinski definition) is 5. The predicted molar refractivity (Wildman–Crippen MR) is 116 cm³/mol. The molecule has 8 nitrogen and oxygen atoms in total. The highest BCUT2D eigenvalue weighted by Crippen LogP contribution is 2.39. The summed E-state index contributed by atoms with van der Waals surface area (Å²) in [5.41, 5.74) is 3.32. The van der Waals surface area contributed by atoms with Gasteiger partial charge in [-0.2, -0.15) is 5.10 Å². The monoisotopic (exact) mass is 411 g/mol. The lowest BCUT2D eigenvalue weighted by atomic mass is 10.0. The van der Waals surface area contributed by atoms with Gasteiger partial charge in [-0.3, -0.25) is 14.4 Å². The van der Waals surface area contributed by atoms with E-state index in [0.717, 1.165) is 23.4 Å². The smallest absolute Gasteiger partial charge is 0.414 e. The van der Waals surface area contributed by atoms with E-state index in [4.69, 9.17) is 4.74 Å². The van der Waals surface area contributed by atoms with Crippen molar-refractivity contribution < 1.29 is 14.3 Å². The maximum atomic E-state index is 12.8. The van der Waals surface area contributed by atoms with E-state index in [-0.39, 0.29) is 18.1 Å². The van der Waals surface area contributed by atoms with Crippen molar-refractivity contribution in [1.82, 2.24) is 15.1 Å². The van der Waals surface area contributed by atoms with E-state index in [1.54, 1.807) is 16.7 Å². The van der Waals surface area contributed by atoms with Gasteiger partial charge in [-0.25, -0.2) is 4.79 Å². The van der Waals surface area contributed by atoms with Gasteiger partial charge in [0.1, 0.15) is 0 Å². The van der Waals surface area contributed by atoms with Crippen LogP contribution in [0, 0.1) is 0 Å².